The van der Waals surface area contributed by atoms with Gasteiger partial charge < -0.3 is 5.11 Å². The number of Topliss-reactive ketones (excluding diaryl/α,β-unsaturated/α-hetero) is 1. The smallest absolute Gasteiger partial charge is 0.449 e. The second-order valence-electron chi connectivity index (χ2n) is 3.29. The first-order chi connectivity index (χ1) is 8.32. The number of alkyl halides is 3. The summed E-state index contributed by atoms with van der Waals surface area (Å²) >= 11 is 0. The number of ketones is 1. The average Bonchev–Trinajstić information content (AvgIpc) is 2.28. The van der Waals surface area contributed by atoms with E-state index in [1.54, 1.807) is 0 Å². The summed E-state index contributed by atoms with van der Waals surface area (Å²) in [6.45, 7) is 0.909. The Labute approximate surface area is 100 Å². The second kappa shape index (κ2) is 5.44. The summed E-state index contributed by atoms with van der Waals surface area (Å²) in [6, 6.07) is 3.03. The van der Waals surface area contributed by atoms with Crippen LogP contribution in [0.15, 0.2) is 40.9 Å². The lowest BCUT2D eigenvalue weighted by molar-refractivity contribution is -0.125. The number of pyridine rings is 1. The molecule has 1 N–H and O–H groups in total. The minimum atomic E-state index is -4.98. The maximum atomic E-state index is 12.3. The lowest BCUT2D eigenvalue weighted by Crippen LogP contribution is -2.17. The SMILES string of the molecule is CC(=O)/C(C=Nc1cccnc1)=C(/O)C(F)(F)F. The predicted molar refractivity (Wildman–Crippen MR) is 58.8 cm³/mol. The van der Waals surface area contributed by atoms with Crippen molar-refractivity contribution < 1.29 is 23.1 Å². The average molecular weight is 258 g/mol. The number of allylic oxidation sites excluding steroid dienone is 2. The van der Waals surface area contributed by atoms with Crippen LogP contribution in [-0.2, 0) is 4.79 Å². The van der Waals surface area contributed by atoms with Gasteiger partial charge in [-0.15, -0.1) is 0 Å². The quantitative estimate of drug-likeness (QED) is 0.515. The zero-order valence-electron chi connectivity index (χ0n) is 9.27. The molecule has 0 saturated heterocycles. The van der Waals surface area contributed by atoms with Crippen molar-refractivity contribution in [1.82, 2.24) is 4.98 Å². The number of nitrogens with zero attached hydrogens (tertiary/aromatic N) is 2. The zero-order valence-corrected chi connectivity index (χ0v) is 9.27. The number of hydrogen-bond donors (Lipinski definition) is 1. The first-order valence-corrected chi connectivity index (χ1v) is 4.78. The van der Waals surface area contributed by atoms with Gasteiger partial charge >= 0.3 is 6.18 Å². The molecule has 1 heterocycles. The number of aliphatic hydroxyl groups excluding tert-OH is 1. The monoisotopic (exact) mass is 258 g/mol. The van der Waals surface area contributed by atoms with Crippen molar-refractivity contribution in [1.29, 1.82) is 0 Å². The van der Waals surface area contributed by atoms with Crippen molar-refractivity contribution >= 4 is 17.7 Å². The molecule has 1 rings (SSSR count). The number of aromatic nitrogens is 1. The molecule has 0 radical (unpaired) electrons. The van der Waals surface area contributed by atoms with Crippen LogP contribution in [0, 0.1) is 0 Å². The number of carbonyl (C=O) groups is 1. The maximum absolute atomic E-state index is 12.3. The van der Waals surface area contributed by atoms with E-state index in [0.717, 1.165) is 6.92 Å². The van der Waals surface area contributed by atoms with Gasteiger partial charge in [-0.1, -0.05) is 0 Å². The number of rotatable bonds is 3. The van der Waals surface area contributed by atoms with Crippen molar-refractivity contribution in [2.24, 2.45) is 4.99 Å². The fourth-order valence-corrected chi connectivity index (χ4v) is 1.04. The number of aliphatic hydroxyl groups is 1. The van der Waals surface area contributed by atoms with E-state index in [9.17, 15) is 18.0 Å². The molecule has 0 aliphatic rings. The summed E-state index contributed by atoms with van der Waals surface area (Å²) in [5.74, 6) is -2.89. The number of halogens is 3. The minimum absolute atomic E-state index is 0.270. The molecule has 0 saturated carbocycles. The standard InChI is InChI=1S/C11H9F3N2O2/c1-7(17)9(10(18)11(12,13)14)6-16-8-3-2-4-15-5-8/h2-6,18H,1H3/b10-9+,16-6?. The highest BCUT2D eigenvalue weighted by Crippen LogP contribution is 2.26. The molecule has 7 heteroatoms. The van der Waals surface area contributed by atoms with Crippen molar-refractivity contribution in [3.8, 4) is 0 Å². The Morgan fingerprint density at radius 1 is 1.50 bits per heavy atom. The van der Waals surface area contributed by atoms with Crippen LogP contribution in [0.5, 0.6) is 0 Å². The van der Waals surface area contributed by atoms with E-state index >= 15 is 0 Å². The molecule has 0 aliphatic heterocycles. The van der Waals surface area contributed by atoms with Crippen LogP contribution in [0.2, 0.25) is 0 Å². The lowest BCUT2D eigenvalue weighted by atomic mass is 10.1. The van der Waals surface area contributed by atoms with Crippen LogP contribution < -0.4 is 0 Å². The summed E-state index contributed by atoms with van der Waals surface area (Å²) in [4.78, 5) is 18.4. The van der Waals surface area contributed by atoms with Gasteiger partial charge in [0.2, 0.25) is 5.76 Å². The highest BCUT2D eigenvalue weighted by Gasteiger charge is 2.37. The summed E-state index contributed by atoms with van der Waals surface area (Å²) < 4.78 is 36.8. The Balaban J connectivity index is 3.10. The molecule has 0 aliphatic carbocycles. The summed E-state index contributed by atoms with van der Waals surface area (Å²) in [5.41, 5.74) is -0.627. The van der Waals surface area contributed by atoms with Gasteiger partial charge in [-0.25, -0.2) is 0 Å². The van der Waals surface area contributed by atoms with Crippen molar-refractivity contribution in [3.63, 3.8) is 0 Å². The lowest BCUT2D eigenvalue weighted by Gasteiger charge is -2.07. The third-order valence-corrected chi connectivity index (χ3v) is 1.89. The molecule has 1 aromatic rings. The highest BCUT2D eigenvalue weighted by atomic mass is 19.4. The topological polar surface area (TPSA) is 62.5 Å². The molecule has 18 heavy (non-hydrogen) atoms. The van der Waals surface area contributed by atoms with Gasteiger partial charge in [-0.05, 0) is 19.1 Å². The van der Waals surface area contributed by atoms with E-state index in [1.165, 1.54) is 24.5 Å². The number of hydrogen-bond acceptors (Lipinski definition) is 4. The molecule has 0 amide bonds. The Morgan fingerprint density at radius 3 is 2.61 bits per heavy atom. The Bertz CT molecular complexity index is 493. The minimum Gasteiger partial charge on any atom is -0.504 e. The van der Waals surface area contributed by atoms with Crippen molar-refractivity contribution in [2.75, 3.05) is 0 Å². The normalized spacial score (nSPS) is 13.6. The molecule has 0 spiro atoms. The third kappa shape index (κ3) is 3.69. The predicted octanol–water partition coefficient (Wildman–Crippen LogP) is 2.75. The van der Waals surface area contributed by atoms with Gasteiger partial charge in [0.25, 0.3) is 0 Å². The van der Waals surface area contributed by atoms with Crippen LogP contribution in [-0.4, -0.2) is 28.3 Å². The molecular formula is C11H9F3N2O2. The first-order valence-electron chi connectivity index (χ1n) is 4.78. The number of aliphatic imine (C=N–C) groups is 1. The van der Waals surface area contributed by atoms with Crippen LogP contribution in [0.1, 0.15) is 6.92 Å². The first kappa shape index (κ1) is 13.9. The molecule has 0 aromatic carbocycles. The van der Waals surface area contributed by atoms with E-state index in [2.05, 4.69) is 9.98 Å². The molecule has 0 unspecified atom stereocenters. The van der Waals surface area contributed by atoms with Gasteiger partial charge in [0.05, 0.1) is 17.5 Å². The highest BCUT2D eigenvalue weighted by molar-refractivity contribution is 6.13. The van der Waals surface area contributed by atoms with Gasteiger partial charge in [0, 0.05) is 12.4 Å². The molecule has 0 bridgehead atoms. The Hall–Kier alpha value is -2.18. The molecular weight excluding hydrogens is 249 g/mol. The van der Waals surface area contributed by atoms with E-state index in [4.69, 9.17) is 5.11 Å². The van der Waals surface area contributed by atoms with Crippen molar-refractivity contribution in [2.45, 2.75) is 13.1 Å². The van der Waals surface area contributed by atoms with E-state index in [0.29, 0.717) is 6.21 Å². The van der Waals surface area contributed by atoms with Crippen LogP contribution in [0.25, 0.3) is 0 Å². The fraction of sp³-hybridized carbons (Fsp3) is 0.182. The van der Waals surface area contributed by atoms with Gasteiger partial charge in [-0.3, -0.25) is 14.8 Å². The Morgan fingerprint density at radius 2 is 2.17 bits per heavy atom. The molecule has 0 fully saturated rings. The van der Waals surface area contributed by atoms with Crippen LogP contribution in [0.4, 0.5) is 18.9 Å². The van der Waals surface area contributed by atoms with E-state index in [-0.39, 0.29) is 5.69 Å². The Kier molecular flexibility index (Phi) is 4.19. The summed E-state index contributed by atoms with van der Waals surface area (Å²) in [5, 5.41) is 8.92. The summed E-state index contributed by atoms with van der Waals surface area (Å²) in [7, 11) is 0. The van der Waals surface area contributed by atoms with Crippen LogP contribution in [0.3, 0.4) is 0 Å². The second-order valence-corrected chi connectivity index (χ2v) is 3.29. The van der Waals surface area contributed by atoms with Gasteiger partial charge in [-0.2, -0.15) is 13.2 Å². The number of carbonyl (C=O) groups excluding carboxylic acids is 1. The fourth-order valence-electron chi connectivity index (χ4n) is 1.04. The molecule has 96 valence electrons. The summed E-state index contributed by atoms with van der Waals surface area (Å²) in [6.07, 6.45) is -1.54. The molecule has 4 nitrogen and oxygen atoms in total. The van der Waals surface area contributed by atoms with Crippen molar-refractivity contribution in [3.05, 3.63) is 35.9 Å². The van der Waals surface area contributed by atoms with Gasteiger partial charge in [0.1, 0.15) is 0 Å². The zero-order chi connectivity index (χ0) is 13.8. The maximum Gasteiger partial charge on any atom is 0.449 e. The third-order valence-electron chi connectivity index (χ3n) is 1.89. The molecule has 0 atom stereocenters. The largest absolute Gasteiger partial charge is 0.504 e. The van der Waals surface area contributed by atoms with Gasteiger partial charge in [0.15, 0.2) is 5.78 Å². The van der Waals surface area contributed by atoms with E-state index in [1.807, 2.05) is 0 Å². The van der Waals surface area contributed by atoms with Crippen LogP contribution >= 0.6 is 0 Å². The molecule has 1 aromatic heterocycles. The van der Waals surface area contributed by atoms with E-state index < -0.39 is 23.3 Å².